The van der Waals surface area contributed by atoms with Crippen LogP contribution in [-0.4, -0.2) is 6.04 Å². The second kappa shape index (κ2) is 19.7. The molecule has 5 aromatic carbocycles. The van der Waals surface area contributed by atoms with Crippen LogP contribution in [0.2, 0.25) is 0 Å². The molecule has 0 heterocycles. The molecule has 0 fully saturated rings. The molecule has 0 spiro atoms. The summed E-state index contributed by atoms with van der Waals surface area (Å²) in [6.45, 7) is 3.83. The molecular weight excluding hydrogens is 785 g/mol. The summed E-state index contributed by atoms with van der Waals surface area (Å²) < 4.78 is 0. The normalized spacial score (nSPS) is 21.3. The lowest BCUT2D eigenvalue weighted by molar-refractivity contribution is 0.486. The van der Waals surface area contributed by atoms with Crippen LogP contribution in [0.1, 0.15) is 44.9 Å². The van der Waals surface area contributed by atoms with Crippen LogP contribution in [-0.2, 0) is 0 Å². The van der Waals surface area contributed by atoms with Gasteiger partial charge in [0.15, 0.2) is 0 Å². The van der Waals surface area contributed by atoms with Gasteiger partial charge in [0.2, 0.25) is 0 Å². The lowest BCUT2D eigenvalue weighted by Crippen LogP contribution is -2.39. The third kappa shape index (κ3) is 9.00. The van der Waals surface area contributed by atoms with Crippen molar-refractivity contribution >= 4 is 22.7 Å². The first-order chi connectivity index (χ1) is 32.2. The molecule has 4 unspecified atom stereocenters. The van der Waals surface area contributed by atoms with E-state index < -0.39 is 0 Å². The second-order valence-electron chi connectivity index (χ2n) is 17.7. The molecule has 5 aliphatic rings. The number of nitrogens with zero attached hydrogens (tertiary/aromatic N) is 2. The molecule has 320 valence electrons. The van der Waals surface area contributed by atoms with Crippen molar-refractivity contribution in [2.24, 2.45) is 17.8 Å². The summed E-state index contributed by atoms with van der Waals surface area (Å²) in [5.74, 6) is 1.26. The van der Waals surface area contributed by atoms with Crippen molar-refractivity contribution in [3.8, 4) is 22.3 Å². The van der Waals surface area contributed by atoms with E-state index in [0.29, 0.717) is 17.8 Å². The van der Waals surface area contributed by atoms with Gasteiger partial charge in [0.1, 0.15) is 0 Å². The predicted molar refractivity (Wildman–Crippen MR) is 277 cm³/mol. The summed E-state index contributed by atoms with van der Waals surface area (Å²) in [5.41, 5.74) is 16.8. The molecule has 0 aliphatic heterocycles. The summed E-state index contributed by atoms with van der Waals surface area (Å²) in [4.78, 5) is 5.04. The number of allylic oxidation sites excluding steroid dienone is 18. The van der Waals surface area contributed by atoms with E-state index in [-0.39, 0.29) is 6.04 Å². The average molecular weight is 843 g/mol. The molecule has 4 atom stereocenters. The Bertz CT molecular complexity index is 2780. The van der Waals surface area contributed by atoms with Crippen molar-refractivity contribution in [2.45, 2.75) is 51.0 Å². The fraction of sp³-hybridized carbons (Fsp3) is 0.175. The molecule has 5 aliphatic carbocycles. The summed E-state index contributed by atoms with van der Waals surface area (Å²) in [7, 11) is 0. The standard InChI is InChI=1S/C63H58N2/c1-2-3-4-8-20-52-23-19-32-62(60-30-17-15-28-57(52)60)64(53-24-11-6-12-25-53)55-41-37-49(38-42-55)47-33-35-48(36-34-47)50-39-43-56(44-40-50)65(54-26-13-7-14-27-54)63-46-45-58(51-21-9-5-10-22-51)59-29-16-18-31-61(59)63/h2-16,20-21,24-29,32-46,51-52,61,63H,1,17-19,22-23,30-31H2/b4-3-,20-8+. The molecule has 0 saturated heterocycles. The zero-order valence-corrected chi connectivity index (χ0v) is 37.3. The van der Waals surface area contributed by atoms with Crippen molar-refractivity contribution in [1.82, 2.24) is 0 Å². The van der Waals surface area contributed by atoms with E-state index in [0.717, 1.165) is 44.9 Å². The highest BCUT2D eigenvalue weighted by Crippen LogP contribution is 2.45. The Labute approximate surface area is 387 Å². The molecule has 0 amide bonds. The molecule has 0 radical (unpaired) electrons. The van der Waals surface area contributed by atoms with Gasteiger partial charge in [0.05, 0.1) is 6.04 Å². The molecule has 0 N–H and O–H groups in total. The SMILES string of the molecule is C=C/C=C\C=C\C1CCC=C(N(c2ccccc2)c2ccc(-c3ccc(-c4ccc(N(c5ccccc5)C5C=CC(C6C=CC=CC6)=C6C=CCCC65)cc4)cc3)cc2)C2=C1C=CCC2. The Balaban J connectivity index is 0.900. The van der Waals surface area contributed by atoms with Gasteiger partial charge in [-0.3, -0.25) is 0 Å². The van der Waals surface area contributed by atoms with Gasteiger partial charge in [-0.05, 0) is 138 Å². The Hall–Kier alpha value is -7.16. The van der Waals surface area contributed by atoms with Crippen LogP contribution in [0.5, 0.6) is 0 Å². The maximum absolute atomic E-state index is 3.83. The van der Waals surface area contributed by atoms with E-state index >= 15 is 0 Å². The Kier molecular flexibility index (Phi) is 12.7. The first-order valence-corrected chi connectivity index (χ1v) is 23.7. The molecule has 2 nitrogen and oxygen atoms in total. The first kappa shape index (κ1) is 41.8. The van der Waals surface area contributed by atoms with E-state index in [1.54, 1.807) is 0 Å². The number of fused-ring (bicyclic) bond motifs is 1. The van der Waals surface area contributed by atoms with Crippen molar-refractivity contribution in [1.29, 1.82) is 0 Å². The van der Waals surface area contributed by atoms with Crippen molar-refractivity contribution in [2.75, 3.05) is 9.80 Å². The highest BCUT2D eigenvalue weighted by Gasteiger charge is 2.35. The van der Waals surface area contributed by atoms with Crippen LogP contribution in [0.25, 0.3) is 22.3 Å². The van der Waals surface area contributed by atoms with E-state index in [9.17, 15) is 0 Å². The number of hydrogen-bond acceptors (Lipinski definition) is 2. The third-order valence-corrected chi connectivity index (χ3v) is 13.8. The van der Waals surface area contributed by atoms with Crippen LogP contribution < -0.4 is 9.80 Å². The second-order valence-corrected chi connectivity index (χ2v) is 17.7. The number of hydrogen-bond donors (Lipinski definition) is 0. The summed E-state index contributed by atoms with van der Waals surface area (Å²) in [5, 5.41) is 0. The van der Waals surface area contributed by atoms with Gasteiger partial charge in [0.25, 0.3) is 0 Å². The maximum atomic E-state index is 3.83. The summed E-state index contributed by atoms with van der Waals surface area (Å²) >= 11 is 0. The Morgan fingerprint density at radius 1 is 0.508 bits per heavy atom. The first-order valence-electron chi connectivity index (χ1n) is 23.7. The fourth-order valence-corrected chi connectivity index (χ4v) is 10.6. The van der Waals surface area contributed by atoms with E-state index in [2.05, 4.69) is 235 Å². The molecule has 2 heteroatoms. The van der Waals surface area contributed by atoms with E-state index in [1.807, 2.05) is 12.2 Å². The molecule has 0 bridgehead atoms. The highest BCUT2D eigenvalue weighted by molar-refractivity contribution is 5.77. The predicted octanol–water partition coefficient (Wildman–Crippen LogP) is 16.9. The Morgan fingerprint density at radius 2 is 1.12 bits per heavy atom. The molecule has 5 aromatic rings. The third-order valence-electron chi connectivity index (χ3n) is 13.8. The topological polar surface area (TPSA) is 6.48 Å². The van der Waals surface area contributed by atoms with Crippen LogP contribution in [0, 0.1) is 17.8 Å². The smallest absolute Gasteiger partial charge is 0.0594 e. The van der Waals surface area contributed by atoms with Gasteiger partial charge in [-0.2, -0.15) is 0 Å². The highest BCUT2D eigenvalue weighted by atomic mass is 15.2. The minimum atomic E-state index is 0.230. The molecule has 10 rings (SSSR count). The van der Waals surface area contributed by atoms with Gasteiger partial charge in [-0.15, -0.1) is 0 Å². The van der Waals surface area contributed by atoms with Crippen molar-refractivity contribution < 1.29 is 0 Å². The van der Waals surface area contributed by atoms with Crippen molar-refractivity contribution in [3.63, 3.8) is 0 Å². The molecule has 0 saturated carbocycles. The fourth-order valence-electron chi connectivity index (χ4n) is 10.6. The van der Waals surface area contributed by atoms with Gasteiger partial charge >= 0.3 is 0 Å². The number of benzene rings is 5. The number of para-hydroxylation sites is 2. The Morgan fingerprint density at radius 3 is 1.80 bits per heavy atom. The zero-order chi connectivity index (χ0) is 43.8. The lowest BCUT2D eigenvalue weighted by atomic mass is 9.73. The van der Waals surface area contributed by atoms with E-state index in [1.165, 1.54) is 73.0 Å². The minimum Gasteiger partial charge on any atom is -0.334 e. The maximum Gasteiger partial charge on any atom is 0.0594 e. The van der Waals surface area contributed by atoms with Crippen molar-refractivity contribution in [3.05, 3.63) is 265 Å². The van der Waals surface area contributed by atoms with E-state index in [4.69, 9.17) is 0 Å². The molecule has 0 aromatic heterocycles. The van der Waals surface area contributed by atoms with Crippen LogP contribution in [0.4, 0.5) is 22.7 Å². The van der Waals surface area contributed by atoms with Crippen LogP contribution in [0.15, 0.2) is 265 Å². The zero-order valence-electron chi connectivity index (χ0n) is 37.3. The summed E-state index contributed by atoms with van der Waals surface area (Å²) in [6.07, 6.45) is 44.0. The summed E-state index contributed by atoms with van der Waals surface area (Å²) in [6, 6.07) is 49.5. The van der Waals surface area contributed by atoms with Crippen LogP contribution >= 0.6 is 0 Å². The largest absolute Gasteiger partial charge is 0.334 e. The van der Waals surface area contributed by atoms with Gasteiger partial charge in [0, 0.05) is 46.2 Å². The quantitative estimate of drug-likeness (QED) is 0.115. The van der Waals surface area contributed by atoms with Gasteiger partial charge in [-0.25, -0.2) is 0 Å². The number of rotatable bonds is 12. The van der Waals surface area contributed by atoms with Gasteiger partial charge < -0.3 is 9.80 Å². The number of anilines is 4. The van der Waals surface area contributed by atoms with Crippen LogP contribution in [0.3, 0.4) is 0 Å². The monoisotopic (exact) mass is 842 g/mol. The lowest BCUT2D eigenvalue weighted by Gasteiger charge is -2.42. The van der Waals surface area contributed by atoms with Gasteiger partial charge in [-0.1, -0.05) is 189 Å². The molecule has 65 heavy (non-hydrogen) atoms. The average Bonchev–Trinajstić information content (AvgIpc) is 3.56. The molecular formula is C63H58N2. The minimum absolute atomic E-state index is 0.230.